The van der Waals surface area contributed by atoms with Gasteiger partial charge < -0.3 is 14.4 Å². The first kappa shape index (κ1) is 21.9. The van der Waals surface area contributed by atoms with E-state index in [0.717, 1.165) is 36.2 Å². The SMILES string of the molecule is Cn1ccc2cc(S(=O)(=O)N3CCCC(C(=O)N4CCN(c5ccccn5)CC4)C3)ccc21. The molecule has 1 unspecified atom stereocenters. The third-order valence-corrected chi connectivity index (χ3v) is 8.65. The van der Waals surface area contributed by atoms with E-state index in [1.165, 1.54) is 4.31 Å². The summed E-state index contributed by atoms with van der Waals surface area (Å²) in [6.45, 7) is 3.41. The van der Waals surface area contributed by atoms with Gasteiger partial charge in [-0.25, -0.2) is 13.4 Å². The Balaban J connectivity index is 1.25. The minimum Gasteiger partial charge on any atom is -0.353 e. The Morgan fingerprint density at radius 1 is 1.03 bits per heavy atom. The monoisotopic (exact) mass is 467 g/mol. The van der Waals surface area contributed by atoms with Crippen LogP contribution < -0.4 is 4.90 Å². The Morgan fingerprint density at radius 2 is 1.85 bits per heavy atom. The number of rotatable bonds is 4. The van der Waals surface area contributed by atoms with E-state index in [-0.39, 0.29) is 18.4 Å². The number of aryl methyl sites for hydroxylation is 1. The van der Waals surface area contributed by atoms with Gasteiger partial charge in [0.15, 0.2) is 0 Å². The van der Waals surface area contributed by atoms with Gasteiger partial charge in [0, 0.05) is 69.6 Å². The normalized spacial score (nSPS) is 20.3. The van der Waals surface area contributed by atoms with Crippen LogP contribution >= 0.6 is 0 Å². The minimum atomic E-state index is -3.65. The lowest BCUT2D eigenvalue weighted by molar-refractivity contribution is -0.137. The molecule has 1 atom stereocenters. The molecule has 0 aliphatic carbocycles. The summed E-state index contributed by atoms with van der Waals surface area (Å²) in [4.78, 5) is 22.0. The number of fused-ring (bicyclic) bond motifs is 1. The molecule has 2 aliphatic heterocycles. The van der Waals surface area contributed by atoms with Crippen molar-refractivity contribution in [3.05, 3.63) is 54.9 Å². The number of nitrogens with zero attached hydrogens (tertiary/aromatic N) is 5. The van der Waals surface area contributed by atoms with Crippen molar-refractivity contribution in [2.45, 2.75) is 17.7 Å². The molecule has 0 spiro atoms. The third kappa shape index (κ3) is 4.22. The maximum Gasteiger partial charge on any atom is 0.243 e. The first-order valence-electron chi connectivity index (χ1n) is 11.4. The molecule has 8 nitrogen and oxygen atoms in total. The van der Waals surface area contributed by atoms with E-state index in [4.69, 9.17) is 0 Å². The predicted octanol–water partition coefficient (Wildman–Crippen LogP) is 2.32. The minimum absolute atomic E-state index is 0.0640. The molecule has 174 valence electrons. The number of carbonyl (C=O) groups is 1. The highest BCUT2D eigenvalue weighted by Gasteiger charge is 2.36. The van der Waals surface area contributed by atoms with Crippen LogP contribution in [0.4, 0.5) is 5.82 Å². The first-order valence-corrected chi connectivity index (χ1v) is 12.9. The van der Waals surface area contributed by atoms with Crippen LogP contribution in [0.25, 0.3) is 10.9 Å². The topological polar surface area (TPSA) is 78.8 Å². The lowest BCUT2D eigenvalue weighted by Crippen LogP contribution is -2.53. The summed E-state index contributed by atoms with van der Waals surface area (Å²) < 4.78 is 30.2. The second kappa shape index (κ2) is 8.79. The fourth-order valence-electron chi connectivity index (χ4n) is 4.89. The van der Waals surface area contributed by atoms with Gasteiger partial charge in [-0.15, -0.1) is 0 Å². The van der Waals surface area contributed by atoms with Crippen molar-refractivity contribution in [2.24, 2.45) is 13.0 Å². The summed E-state index contributed by atoms with van der Waals surface area (Å²) in [7, 11) is -1.71. The number of hydrogen-bond acceptors (Lipinski definition) is 5. The zero-order chi connectivity index (χ0) is 23.0. The van der Waals surface area contributed by atoms with Crippen molar-refractivity contribution in [2.75, 3.05) is 44.2 Å². The van der Waals surface area contributed by atoms with Crippen LogP contribution in [0.15, 0.2) is 59.8 Å². The van der Waals surface area contributed by atoms with Gasteiger partial charge in [0.25, 0.3) is 0 Å². The van der Waals surface area contributed by atoms with Crippen LogP contribution in [-0.4, -0.2) is 72.3 Å². The number of pyridine rings is 1. The maximum absolute atomic E-state index is 13.4. The Labute approximate surface area is 194 Å². The lowest BCUT2D eigenvalue weighted by Gasteiger charge is -2.39. The number of piperazine rings is 1. The fraction of sp³-hybridized carbons (Fsp3) is 0.417. The van der Waals surface area contributed by atoms with Crippen LogP contribution in [0.1, 0.15) is 12.8 Å². The summed E-state index contributed by atoms with van der Waals surface area (Å²) in [6.07, 6.45) is 5.11. The molecule has 0 N–H and O–H groups in total. The number of anilines is 1. The molecule has 3 aromatic rings. The van der Waals surface area contributed by atoms with Crippen LogP contribution in [0.3, 0.4) is 0 Å². The van der Waals surface area contributed by atoms with Crippen molar-refractivity contribution >= 4 is 32.7 Å². The fourth-order valence-corrected chi connectivity index (χ4v) is 6.45. The van der Waals surface area contributed by atoms with Gasteiger partial charge >= 0.3 is 0 Å². The number of aromatic nitrogens is 2. The van der Waals surface area contributed by atoms with Gasteiger partial charge in [0.1, 0.15) is 5.82 Å². The van der Waals surface area contributed by atoms with E-state index < -0.39 is 10.0 Å². The summed E-state index contributed by atoms with van der Waals surface area (Å²) in [6, 6.07) is 13.0. The van der Waals surface area contributed by atoms with Gasteiger partial charge in [-0.1, -0.05) is 6.07 Å². The standard InChI is InChI=1S/C24H29N5O3S/c1-26-12-9-19-17-21(7-8-22(19)26)33(31,32)29-11-4-5-20(18-29)24(30)28-15-13-27(14-16-28)23-6-2-3-10-25-23/h2-3,6-10,12,17,20H,4-5,11,13-16,18H2,1H3. The van der Waals surface area contributed by atoms with Crippen molar-refractivity contribution in [3.63, 3.8) is 0 Å². The zero-order valence-electron chi connectivity index (χ0n) is 18.8. The Morgan fingerprint density at radius 3 is 2.61 bits per heavy atom. The molecule has 5 rings (SSSR count). The van der Waals surface area contributed by atoms with Gasteiger partial charge in [0.05, 0.1) is 10.8 Å². The summed E-state index contributed by atoms with van der Waals surface area (Å²) in [5.41, 5.74) is 0.991. The highest BCUT2D eigenvalue weighted by molar-refractivity contribution is 7.89. The molecule has 1 aromatic carbocycles. The number of hydrogen-bond donors (Lipinski definition) is 0. The zero-order valence-corrected chi connectivity index (χ0v) is 19.6. The molecule has 0 radical (unpaired) electrons. The molecule has 9 heteroatoms. The predicted molar refractivity (Wildman–Crippen MR) is 127 cm³/mol. The van der Waals surface area contributed by atoms with Crippen molar-refractivity contribution in [1.29, 1.82) is 0 Å². The highest BCUT2D eigenvalue weighted by atomic mass is 32.2. The molecular formula is C24H29N5O3S. The van der Waals surface area contributed by atoms with Crippen LogP contribution in [-0.2, 0) is 21.9 Å². The number of sulfonamides is 1. The molecule has 2 aliphatic rings. The molecule has 2 fully saturated rings. The van der Waals surface area contributed by atoms with E-state index in [1.54, 1.807) is 18.3 Å². The van der Waals surface area contributed by atoms with Gasteiger partial charge in [-0.2, -0.15) is 4.31 Å². The van der Waals surface area contributed by atoms with Crippen molar-refractivity contribution in [1.82, 2.24) is 18.8 Å². The average Bonchev–Trinajstić information content (AvgIpc) is 3.24. The Bertz CT molecular complexity index is 1250. The van der Waals surface area contributed by atoms with Crippen molar-refractivity contribution < 1.29 is 13.2 Å². The third-order valence-electron chi connectivity index (χ3n) is 6.79. The maximum atomic E-state index is 13.4. The number of amides is 1. The van der Waals surface area contributed by atoms with E-state index in [2.05, 4.69) is 9.88 Å². The van der Waals surface area contributed by atoms with E-state index in [1.807, 2.05) is 53.0 Å². The molecule has 2 saturated heterocycles. The lowest BCUT2D eigenvalue weighted by atomic mass is 9.98. The van der Waals surface area contributed by atoms with E-state index in [9.17, 15) is 13.2 Å². The van der Waals surface area contributed by atoms with Crippen LogP contribution in [0, 0.1) is 5.92 Å². The largest absolute Gasteiger partial charge is 0.353 e. The quantitative estimate of drug-likeness (QED) is 0.589. The molecule has 4 heterocycles. The first-order chi connectivity index (χ1) is 15.9. The molecule has 33 heavy (non-hydrogen) atoms. The van der Waals surface area contributed by atoms with Crippen molar-refractivity contribution in [3.8, 4) is 0 Å². The highest BCUT2D eigenvalue weighted by Crippen LogP contribution is 2.28. The molecular weight excluding hydrogens is 438 g/mol. The molecule has 0 saturated carbocycles. The van der Waals surface area contributed by atoms with E-state index in [0.29, 0.717) is 31.0 Å². The Hall–Kier alpha value is -2.91. The summed E-state index contributed by atoms with van der Waals surface area (Å²) in [5.74, 6) is 0.694. The molecule has 0 bridgehead atoms. The number of carbonyl (C=O) groups excluding carboxylic acids is 1. The summed E-state index contributed by atoms with van der Waals surface area (Å²) >= 11 is 0. The van der Waals surface area contributed by atoms with Gasteiger partial charge in [0.2, 0.25) is 15.9 Å². The number of benzene rings is 1. The van der Waals surface area contributed by atoms with Crippen LogP contribution in [0.2, 0.25) is 0 Å². The average molecular weight is 468 g/mol. The molecule has 2 aromatic heterocycles. The summed E-state index contributed by atoms with van der Waals surface area (Å²) in [5, 5.41) is 0.897. The molecule has 1 amide bonds. The smallest absolute Gasteiger partial charge is 0.243 e. The second-order valence-corrected chi connectivity index (χ2v) is 10.8. The number of piperidine rings is 1. The Kier molecular flexibility index (Phi) is 5.84. The second-order valence-electron chi connectivity index (χ2n) is 8.85. The van der Waals surface area contributed by atoms with Gasteiger partial charge in [-0.3, -0.25) is 4.79 Å². The van der Waals surface area contributed by atoms with Gasteiger partial charge in [-0.05, 0) is 49.2 Å². The van der Waals surface area contributed by atoms with E-state index >= 15 is 0 Å². The van der Waals surface area contributed by atoms with Crippen LogP contribution in [0.5, 0.6) is 0 Å².